The molecule has 1 aromatic heterocycles. The number of carboxylic acid groups (broad SMARTS) is 1. The van der Waals surface area contributed by atoms with Crippen molar-refractivity contribution in [2.45, 2.75) is 30.3 Å². The molecule has 1 aromatic carbocycles. The summed E-state index contributed by atoms with van der Waals surface area (Å²) in [6.45, 7) is 0.246. The van der Waals surface area contributed by atoms with Crippen molar-refractivity contribution in [1.82, 2.24) is 4.72 Å². The second-order valence-corrected chi connectivity index (χ2v) is 7.55. The molecule has 1 aliphatic carbocycles. The van der Waals surface area contributed by atoms with E-state index in [1.807, 2.05) is 0 Å². The van der Waals surface area contributed by atoms with Gasteiger partial charge in [0.05, 0.1) is 29.1 Å². The Morgan fingerprint density at radius 3 is 2.71 bits per heavy atom. The van der Waals surface area contributed by atoms with Crippen LogP contribution in [-0.2, 0) is 16.6 Å². The molecule has 0 radical (unpaired) electrons. The van der Waals surface area contributed by atoms with Gasteiger partial charge in [-0.05, 0) is 37.1 Å². The van der Waals surface area contributed by atoms with Crippen molar-refractivity contribution in [3.8, 4) is 0 Å². The van der Waals surface area contributed by atoms with Gasteiger partial charge < -0.3 is 14.8 Å². The summed E-state index contributed by atoms with van der Waals surface area (Å²) in [7, 11) is -3.85. The summed E-state index contributed by atoms with van der Waals surface area (Å²) < 4.78 is 32.3. The van der Waals surface area contributed by atoms with E-state index >= 15 is 0 Å². The van der Waals surface area contributed by atoms with Gasteiger partial charge in [0.2, 0.25) is 10.0 Å². The average Bonchev–Trinajstić information content (AvgIpc) is 3.14. The second-order valence-electron chi connectivity index (χ2n) is 5.46. The van der Waals surface area contributed by atoms with E-state index in [1.165, 1.54) is 12.3 Å². The van der Waals surface area contributed by atoms with Crippen LogP contribution in [0.25, 0.3) is 0 Å². The van der Waals surface area contributed by atoms with Crippen LogP contribution in [0.2, 0.25) is 5.02 Å². The Bertz CT molecular complexity index is 860. The van der Waals surface area contributed by atoms with Gasteiger partial charge in [0.1, 0.15) is 10.7 Å². The maximum Gasteiger partial charge on any atom is 0.337 e. The predicted molar refractivity (Wildman–Crippen MR) is 87.8 cm³/mol. The molecule has 1 heterocycles. The molecule has 3 N–H and O–H groups in total. The van der Waals surface area contributed by atoms with E-state index in [0.29, 0.717) is 5.76 Å². The molecule has 3 rings (SSSR count). The number of carbonyl (C=O) groups is 1. The first-order chi connectivity index (χ1) is 11.4. The number of aromatic carboxylic acids is 1. The first-order valence-electron chi connectivity index (χ1n) is 7.22. The van der Waals surface area contributed by atoms with Crippen LogP contribution in [0, 0.1) is 0 Å². The number of sulfonamides is 1. The highest BCUT2D eigenvalue weighted by molar-refractivity contribution is 7.89. The third-order valence-electron chi connectivity index (χ3n) is 3.52. The molecule has 0 aliphatic heterocycles. The van der Waals surface area contributed by atoms with Gasteiger partial charge in [0.25, 0.3) is 0 Å². The Morgan fingerprint density at radius 1 is 1.38 bits per heavy atom. The topological polar surface area (TPSA) is 109 Å². The number of nitrogens with one attached hydrogen (secondary N) is 2. The summed E-state index contributed by atoms with van der Waals surface area (Å²) in [6, 6.07) is 5.71. The molecule has 0 bridgehead atoms. The van der Waals surface area contributed by atoms with Crippen LogP contribution < -0.4 is 10.0 Å². The van der Waals surface area contributed by atoms with E-state index in [1.54, 1.807) is 12.1 Å². The van der Waals surface area contributed by atoms with Gasteiger partial charge in [-0.15, -0.1) is 0 Å². The molecule has 2 aromatic rings. The third kappa shape index (κ3) is 3.72. The SMILES string of the molecule is O=C(O)c1cc(S(=O)(=O)NC2CC2)c(Cl)cc1NCc1ccco1. The van der Waals surface area contributed by atoms with Crippen molar-refractivity contribution in [3.05, 3.63) is 46.9 Å². The van der Waals surface area contributed by atoms with Gasteiger partial charge in [-0.2, -0.15) is 0 Å². The van der Waals surface area contributed by atoms with Crippen LogP contribution in [0.5, 0.6) is 0 Å². The normalized spacial score (nSPS) is 14.5. The van der Waals surface area contributed by atoms with Crippen molar-refractivity contribution in [2.75, 3.05) is 5.32 Å². The summed E-state index contributed by atoms with van der Waals surface area (Å²) in [5.41, 5.74) is 0.0383. The third-order valence-corrected chi connectivity index (χ3v) is 5.51. The van der Waals surface area contributed by atoms with Crippen molar-refractivity contribution in [3.63, 3.8) is 0 Å². The van der Waals surface area contributed by atoms with Gasteiger partial charge in [0.15, 0.2) is 0 Å². The molecule has 9 heteroatoms. The first kappa shape index (κ1) is 16.8. The molecule has 1 fully saturated rings. The predicted octanol–water partition coefficient (Wildman–Crippen LogP) is 2.68. The summed E-state index contributed by atoms with van der Waals surface area (Å²) in [4.78, 5) is 11.2. The van der Waals surface area contributed by atoms with Crippen molar-refractivity contribution in [1.29, 1.82) is 0 Å². The highest BCUT2D eigenvalue weighted by atomic mass is 35.5. The lowest BCUT2D eigenvalue weighted by Gasteiger charge is -2.13. The highest BCUT2D eigenvalue weighted by Crippen LogP contribution is 2.31. The van der Waals surface area contributed by atoms with E-state index in [9.17, 15) is 18.3 Å². The monoisotopic (exact) mass is 370 g/mol. The van der Waals surface area contributed by atoms with Gasteiger partial charge in [-0.3, -0.25) is 0 Å². The van der Waals surface area contributed by atoms with Crippen LogP contribution in [0.15, 0.2) is 39.8 Å². The largest absolute Gasteiger partial charge is 0.478 e. The molecule has 1 saturated carbocycles. The second kappa shape index (κ2) is 6.46. The zero-order chi connectivity index (χ0) is 17.3. The first-order valence-corrected chi connectivity index (χ1v) is 9.08. The number of hydrogen-bond acceptors (Lipinski definition) is 5. The fourth-order valence-electron chi connectivity index (χ4n) is 2.16. The van der Waals surface area contributed by atoms with E-state index in [4.69, 9.17) is 16.0 Å². The summed E-state index contributed by atoms with van der Waals surface area (Å²) in [5.74, 6) is -0.647. The fourth-order valence-corrected chi connectivity index (χ4v) is 4.02. The molecular formula is C15H15ClN2O5S. The smallest absolute Gasteiger partial charge is 0.337 e. The number of carboxylic acids is 1. The number of halogens is 1. The summed E-state index contributed by atoms with van der Waals surface area (Å²) >= 11 is 6.08. The van der Waals surface area contributed by atoms with Crippen LogP contribution in [0.1, 0.15) is 29.0 Å². The molecule has 7 nitrogen and oxygen atoms in total. The van der Waals surface area contributed by atoms with Crippen molar-refractivity contribution in [2.24, 2.45) is 0 Å². The lowest BCUT2D eigenvalue weighted by Crippen LogP contribution is -2.26. The quantitative estimate of drug-likeness (QED) is 0.691. The molecule has 1 aliphatic rings. The van der Waals surface area contributed by atoms with Crippen LogP contribution in [0.3, 0.4) is 0 Å². The minimum Gasteiger partial charge on any atom is -0.478 e. The summed E-state index contributed by atoms with van der Waals surface area (Å²) in [6.07, 6.45) is 3.04. The number of hydrogen-bond donors (Lipinski definition) is 3. The van der Waals surface area contributed by atoms with E-state index in [-0.39, 0.29) is 33.8 Å². The van der Waals surface area contributed by atoms with Crippen LogP contribution >= 0.6 is 11.6 Å². The Hall–Kier alpha value is -2.03. The summed E-state index contributed by atoms with van der Waals surface area (Å²) in [5, 5.41) is 12.2. The van der Waals surface area contributed by atoms with Crippen molar-refractivity contribution < 1.29 is 22.7 Å². The van der Waals surface area contributed by atoms with Crippen LogP contribution in [0.4, 0.5) is 5.69 Å². The Balaban J connectivity index is 1.92. The number of rotatable bonds is 7. The van der Waals surface area contributed by atoms with Crippen molar-refractivity contribution >= 4 is 33.3 Å². The Labute approximate surface area is 143 Å². The molecule has 0 saturated heterocycles. The van der Waals surface area contributed by atoms with Gasteiger partial charge in [-0.25, -0.2) is 17.9 Å². The lowest BCUT2D eigenvalue weighted by atomic mass is 10.1. The minimum atomic E-state index is -3.85. The zero-order valence-electron chi connectivity index (χ0n) is 12.5. The van der Waals surface area contributed by atoms with E-state index in [0.717, 1.165) is 18.9 Å². The molecular weight excluding hydrogens is 356 g/mol. The minimum absolute atomic E-state index is 0.0462. The maximum absolute atomic E-state index is 12.3. The highest BCUT2D eigenvalue weighted by Gasteiger charge is 2.30. The van der Waals surface area contributed by atoms with E-state index in [2.05, 4.69) is 10.0 Å². The van der Waals surface area contributed by atoms with Gasteiger partial charge in [0, 0.05) is 6.04 Å². The fraction of sp³-hybridized carbons (Fsp3) is 0.267. The average molecular weight is 371 g/mol. The zero-order valence-corrected chi connectivity index (χ0v) is 14.0. The molecule has 0 spiro atoms. The molecule has 0 atom stereocenters. The molecule has 24 heavy (non-hydrogen) atoms. The van der Waals surface area contributed by atoms with Gasteiger partial charge >= 0.3 is 5.97 Å². The number of benzene rings is 1. The lowest BCUT2D eigenvalue weighted by molar-refractivity contribution is 0.0697. The standard InChI is InChI=1S/C15H15ClN2O5S/c16-12-7-13(17-8-10-2-1-5-23-10)11(15(19)20)6-14(12)24(21,22)18-9-3-4-9/h1-2,5-7,9,17-18H,3-4,8H2,(H,19,20). The Kier molecular flexibility index (Phi) is 4.53. The number of furan rings is 1. The van der Waals surface area contributed by atoms with Crippen LogP contribution in [-0.4, -0.2) is 25.5 Å². The maximum atomic E-state index is 12.3. The van der Waals surface area contributed by atoms with E-state index < -0.39 is 16.0 Å². The molecule has 128 valence electrons. The molecule has 0 unspecified atom stereocenters. The number of anilines is 1. The van der Waals surface area contributed by atoms with Gasteiger partial charge in [-0.1, -0.05) is 11.6 Å². The Morgan fingerprint density at radius 2 is 2.12 bits per heavy atom. The molecule has 0 amide bonds.